The van der Waals surface area contributed by atoms with Gasteiger partial charge in [0.05, 0.1) is 0 Å². The minimum Gasteiger partial charge on any atom is -0.325 e. The highest BCUT2D eigenvalue weighted by molar-refractivity contribution is 4.83. The number of unbranched alkanes of at least 4 members (excludes halogenated alkanes) is 11. The summed E-state index contributed by atoms with van der Waals surface area (Å²) in [5.74, 6) is 0. The summed E-state index contributed by atoms with van der Waals surface area (Å²) in [6.45, 7) is 6.86. The first-order chi connectivity index (χ1) is 10.7. The van der Waals surface area contributed by atoms with Crippen LogP contribution >= 0.6 is 0 Å². The quantitative estimate of drug-likeness (QED) is 0.279. The Kier molecular flexibility index (Phi) is 15.8. The van der Waals surface area contributed by atoms with Crippen molar-refractivity contribution in [1.82, 2.24) is 0 Å². The SMILES string of the molecule is CCCCCCCCC(N)(CCCC)CCCCCCCC. The monoisotopic (exact) mass is 311 g/mol. The molecule has 0 aromatic heterocycles. The first-order valence-electron chi connectivity index (χ1n) is 10.5. The van der Waals surface area contributed by atoms with Crippen LogP contribution in [-0.2, 0) is 0 Å². The second-order valence-corrected chi connectivity index (χ2v) is 7.50. The molecule has 1 nitrogen and oxygen atoms in total. The summed E-state index contributed by atoms with van der Waals surface area (Å²) in [6, 6.07) is 0. The van der Waals surface area contributed by atoms with Crippen molar-refractivity contribution in [3.05, 3.63) is 0 Å². The van der Waals surface area contributed by atoms with E-state index in [-0.39, 0.29) is 5.54 Å². The van der Waals surface area contributed by atoms with E-state index in [1.54, 1.807) is 0 Å². The Balaban J connectivity index is 3.84. The molecular formula is C21H45N. The first-order valence-corrected chi connectivity index (χ1v) is 10.5. The largest absolute Gasteiger partial charge is 0.325 e. The Hall–Kier alpha value is -0.0400. The second kappa shape index (κ2) is 15.8. The summed E-state index contributed by atoms with van der Waals surface area (Å²) < 4.78 is 0. The maximum Gasteiger partial charge on any atom is 0.0154 e. The maximum atomic E-state index is 6.77. The van der Waals surface area contributed by atoms with Crippen LogP contribution in [0, 0.1) is 0 Å². The molecule has 2 N–H and O–H groups in total. The molecule has 0 aromatic carbocycles. The highest BCUT2D eigenvalue weighted by Crippen LogP contribution is 2.26. The Morgan fingerprint density at radius 2 is 0.773 bits per heavy atom. The van der Waals surface area contributed by atoms with Crippen molar-refractivity contribution in [2.45, 2.75) is 135 Å². The van der Waals surface area contributed by atoms with E-state index >= 15 is 0 Å². The summed E-state index contributed by atoms with van der Waals surface area (Å²) in [4.78, 5) is 0. The van der Waals surface area contributed by atoms with Crippen molar-refractivity contribution < 1.29 is 0 Å². The summed E-state index contributed by atoms with van der Waals surface area (Å²) in [5, 5.41) is 0. The van der Waals surface area contributed by atoms with Crippen LogP contribution in [-0.4, -0.2) is 5.54 Å². The van der Waals surface area contributed by atoms with Crippen molar-refractivity contribution in [2.75, 3.05) is 0 Å². The van der Waals surface area contributed by atoms with Crippen molar-refractivity contribution >= 4 is 0 Å². The van der Waals surface area contributed by atoms with Gasteiger partial charge in [-0.2, -0.15) is 0 Å². The molecule has 0 fully saturated rings. The van der Waals surface area contributed by atoms with E-state index in [9.17, 15) is 0 Å². The van der Waals surface area contributed by atoms with Gasteiger partial charge < -0.3 is 5.73 Å². The fourth-order valence-corrected chi connectivity index (χ4v) is 3.42. The normalized spacial score (nSPS) is 12.0. The van der Waals surface area contributed by atoms with Crippen LogP contribution in [0.15, 0.2) is 0 Å². The molecule has 0 bridgehead atoms. The first kappa shape index (κ1) is 22.0. The molecule has 0 amide bonds. The van der Waals surface area contributed by atoms with Crippen LogP contribution in [0.4, 0.5) is 0 Å². The van der Waals surface area contributed by atoms with Crippen LogP contribution < -0.4 is 5.73 Å². The van der Waals surface area contributed by atoms with Gasteiger partial charge in [-0.1, -0.05) is 111 Å². The van der Waals surface area contributed by atoms with Gasteiger partial charge in [0, 0.05) is 5.54 Å². The molecule has 0 radical (unpaired) electrons. The average Bonchev–Trinajstić information content (AvgIpc) is 2.52. The average molecular weight is 312 g/mol. The molecule has 0 saturated heterocycles. The predicted molar refractivity (Wildman–Crippen MR) is 102 cm³/mol. The maximum absolute atomic E-state index is 6.77. The summed E-state index contributed by atoms with van der Waals surface area (Å²) in [5.41, 5.74) is 6.91. The van der Waals surface area contributed by atoms with Crippen molar-refractivity contribution in [3.63, 3.8) is 0 Å². The van der Waals surface area contributed by atoms with Crippen LogP contribution in [0.5, 0.6) is 0 Å². The van der Waals surface area contributed by atoms with E-state index in [1.165, 1.54) is 109 Å². The summed E-state index contributed by atoms with van der Waals surface area (Å²) >= 11 is 0. The number of rotatable bonds is 17. The molecule has 0 saturated carbocycles. The molecule has 0 aliphatic carbocycles. The van der Waals surface area contributed by atoms with Gasteiger partial charge in [-0.15, -0.1) is 0 Å². The number of hydrogen-bond acceptors (Lipinski definition) is 1. The molecule has 0 aliphatic heterocycles. The zero-order valence-electron chi connectivity index (χ0n) is 16.1. The zero-order chi connectivity index (χ0) is 16.5. The van der Waals surface area contributed by atoms with Crippen LogP contribution in [0.25, 0.3) is 0 Å². The van der Waals surface area contributed by atoms with E-state index in [4.69, 9.17) is 5.73 Å². The molecule has 0 unspecified atom stereocenters. The van der Waals surface area contributed by atoms with E-state index in [2.05, 4.69) is 20.8 Å². The third-order valence-electron chi connectivity index (χ3n) is 5.08. The Bertz CT molecular complexity index is 196. The molecule has 0 atom stereocenters. The van der Waals surface area contributed by atoms with E-state index < -0.39 is 0 Å². The third kappa shape index (κ3) is 13.6. The molecular weight excluding hydrogens is 266 g/mol. The van der Waals surface area contributed by atoms with Crippen molar-refractivity contribution in [1.29, 1.82) is 0 Å². The zero-order valence-corrected chi connectivity index (χ0v) is 16.1. The van der Waals surface area contributed by atoms with Gasteiger partial charge >= 0.3 is 0 Å². The van der Waals surface area contributed by atoms with E-state index in [0.717, 1.165) is 0 Å². The number of hydrogen-bond donors (Lipinski definition) is 1. The van der Waals surface area contributed by atoms with E-state index in [0.29, 0.717) is 0 Å². The fraction of sp³-hybridized carbons (Fsp3) is 1.00. The highest BCUT2D eigenvalue weighted by atomic mass is 14.7. The number of nitrogens with two attached hydrogens (primary N) is 1. The molecule has 0 aromatic rings. The predicted octanol–water partition coefficient (Wildman–Crippen LogP) is 7.38. The van der Waals surface area contributed by atoms with Crippen LogP contribution in [0.2, 0.25) is 0 Å². The van der Waals surface area contributed by atoms with Crippen molar-refractivity contribution in [3.8, 4) is 0 Å². The third-order valence-corrected chi connectivity index (χ3v) is 5.08. The molecule has 1 heteroatoms. The van der Waals surface area contributed by atoms with Gasteiger partial charge in [0.15, 0.2) is 0 Å². The van der Waals surface area contributed by atoms with Crippen LogP contribution in [0.3, 0.4) is 0 Å². The molecule has 0 aliphatic rings. The van der Waals surface area contributed by atoms with Gasteiger partial charge in [0.25, 0.3) is 0 Å². The van der Waals surface area contributed by atoms with Crippen molar-refractivity contribution in [2.24, 2.45) is 5.73 Å². The van der Waals surface area contributed by atoms with Gasteiger partial charge in [0.1, 0.15) is 0 Å². The lowest BCUT2D eigenvalue weighted by molar-refractivity contribution is 0.306. The van der Waals surface area contributed by atoms with Gasteiger partial charge in [-0.05, 0) is 19.3 Å². The molecule has 0 spiro atoms. The van der Waals surface area contributed by atoms with Gasteiger partial charge in [-0.3, -0.25) is 0 Å². The topological polar surface area (TPSA) is 26.0 Å². The summed E-state index contributed by atoms with van der Waals surface area (Å²) in [6.07, 6.45) is 23.0. The standard InChI is InChI=1S/C21H45N/c1-4-7-10-12-14-16-19-21(22,18-9-6-3)20-17-15-13-11-8-5-2/h4-20,22H2,1-3H3. The molecule has 134 valence electrons. The fourth-order valence-electron chi connectivity index (χ4n) is 3.42. The lowest BCUT2D eigenvalue weighted by Crippen LogP contribution is -2.39. The van der Waals surface area contributed by atoms with Crippen LogP contribution in [0.1, 0.15) is 130 Å². The van der Waals surface area contributed by atoms with Gasteiger partial charge in [0.2, 0.25) is 0 Å². The molecule has 0 heterocycles. The lowest BCUT2D eigenvalue weighted by atomic mass is 9.83. The Morgan fingerprint density at radius 1 is 0.455 bits per heavy atom. The van der Waals surface area contributed by atoms with E-state index in [1.807, 2.05) is 0 Å². The van der Waals surface area contributed by atoms with Gasteiger partial charge in [-0.25, -0.2) is 0 Å². The highest BCUT2D eigenvalue weighted by Gasteiger charge is 2.22. The second-order valence-electron chi connectivity index (χ2n) is 7.50. The lowest BCUT2D eigenvalue weighted by Gasteiger charge is -2.30. The minimum atomic E-state index is 0.144. The smallest absolute Gasteiger partial charge is 0.0154 e. The summed E-state index contributed by atoms with van der Waals surface area (Å²) in [7, 11) is 0. The minimum absolute atomic E-state index is 0.144. The Morgan fingerprint density at radius 3 is 1.18 bits per heavy atom. The Labute approximate surface area is 141 Å². The molecule has 0 rings (SSSR count). The molecule has 22 heavy (non-hydrogen) atoms.